The highest BCUT2D eigenvalue weighted by molar-refractivity contribution is 8.00. The fourth-order valence-electron chi connectivity index (χ4n) is 1.90. The van der Waals surface area contributed by atoms with Gasteiger partial charge in [0, 0.05) is 11.4 Å². The Morgan fingerprint density at radius 2 is 1.30 bits per heavy atom. The normalized spacial score (nSPS) is 13.6. The fourth-order valence-corrected chi connectivity index (χ4v) is 3.82. The monoisotopic (exact) mass is 429 g/mol. The van der Waals surface area contributed by atoms with Gasteiger partial charge in [0.15, 0.2) is 0 Å². The van der Waals surface area contributed by atoms with Crippen LogP contribution in [-0.2, 0) is 16.6 Å². The highest BCUT2D eigenvalue weighted by Crippen LogP contribution is 2.54. The van der Waals surface area contributed by atoms with E-state index < -0.39 is 49.7 Å². The SMILES string of the molecule is O=S(=O)(NCc1ccccc1)C(F)(F)C(F)(F)C(F)(F)Sc1ccccc1. The summed E-state index contributed by atoms with van der Waals surface area (Å²) in [6.45, 7) is -0.758. The number of hydrogen-bond acceptors (Lipinski definition) is 3. The smallest absolute Gasteiger partial charge is 0.206 e. The Balaban J connectivity index is 2.25. The molecule has 2 aromatic carbocycles. The number of sulfonamides is 1. The van der Waals surface area contributed by atoms with Gasteiger partial charge >= 0.3 is 16.4 Å². The summed E-state index contributed by atoms with van der Waals surface area (Å²) in [7, 11) is -6.12. The average Bonchev–Trinajstić information content (AvgIpc) is 2.61. The van der Waals surface area contributed by atoms with E-state index in [0.717, 1.165) is 12.1 Å². The van der Waals surface area contributed by atoms with Crippen LogP contribution in [0.15, 0.2) is 65.6 Å². The molecule has 27 heavy (non-hydrogen) atoms. The zero-order chi connectivity index (χ0) is 20.3. The number of alkyl halides is 6. The van der Waals surface area contributed by atoms with Crippen LogP contribution in [0.2, 0.25) is 0 Å². The second-order valence-electron chi connectivity index (χ2n) is 5.33. The van der Waals surface area contributed by atoms with Crippen LogP contribution in [0, 0.1) is 0 Å². The van der Waals surface area contributed by atoms with E-state index in [4.69, 9.17) is 0 Å². The lowest BCUT2D eigenvalue weighted by Crippen LogP contribution is -2.59. The van der Waals surface area contributed by atoms with Crippen molar-refractivity contribution in [2.24, 2.45) is 0 Å². The molecule has 0 heterocycles. The van der Waals surface area contributed by atoms with E-state index in [-0.39, 0.29) is 5.56 Å². The van der Waals surface area contributed by atoms with Crippen LogP contribution in [0.25, 0.3) is 0 Å². The maximum atomic E-state index is 14.0. The van der Waals surface area contributed by atoms with Gasteiger partial charge in [-0.2, -0.15) is 26.3 Å². The highest BCUT2D eigenvalue weighted by Gasteiger charge is 2.77. The first-order valence-electron chi connectivity index (χ1n) is 7.31. The minimum Gasteiger partial charge on any atom is -0.206 e. The molecule has 0 fully saturated rings. The second-order valence-corrected chi connectivity index (χ2v) is 8.33. The standard InChI is InChI=1S/C16H13F6NO2S2/c17-14(18,15(19,20)26-13-9-5-2-6-10-13)16(21,22)27(24,25)23-11-12-7-3-1-4-8-12/h1-10,23H,11H2. The molecule has 0 atom stereocenters. The summed E-state index contributed by atoms with van der Waals surface area (Å²) < 4.78 is 108. The van der Waals surface area contributed by atoms with Crippen molar-refractivity contribution in [3.63, 3.8) is 0 Å². The van der Waals surface area contributed by atoms with Gasteiger partial charge in [-0.25, -0.2) is 13.1 Å². The molecule has 0 aliphatic carbocycles. The van der Waals surface area contributed by atoms with Crippen molar-refractivity contribution < 1.29 is 34.8 Å². The first kappa shape index (κ1) is 21.6. The van der Waals surface area contributed by atoms with Gasteiger partial charge < -0.3 is 0 Å². The highest BCUT2D eigenvalue weighted by atomic mass is 32.2. The molecule has 0 saturated heterocycles. The lowest BCUT2D eigenvalue weighted by atomic mass is 10.2. The Morgan fingerprint density at radius 3 is 1.81 bits per heavy atom. The minimum atomic E-state index is -6.18. The van der Waals surface area contributed by atoms with Crippen LogP contribution < -0.4 is 4.72 Å². The summed E-state index contributed by atoms with van der Waals surface area (Å²) in [6.07, 6.45) is 0. The van der Waals surface area contributed by atoms with Crippen LogP contribution in [0.1, 0.15) is 5.56 Å². The number of rotatable bonds is 8. The Labute approximate surface area is 155 Å². The third-order valence-electron chi connectivity index (χ3n) is 3.37. The van der Waals surface area contributed by atoms with Crippen molar-refractivity contribution in [3.8, 4) is 0 Å². The predicted octanol–water partition coefficient (Wildman–Crippen LogP) is 4.72. The average molecular weight is 429 g/mol. The summed E-state index contributed by atoms with van der Waals surface area (Å²) in [5.41, 5.74) is 0.186. The van der Waals surface area contributed by atoms with Crippen LogP contribution in [-0.4, -0.2) is 24.8 Å². The zero-order valence-electron chi connectivity index (χ0n) is 13.4. The molecule has 0 aliphatic heterocycles. The molecule has 0 aliphatic rings. The van der Waals surface area contributed by atoms with Gasteiger partial charge in [0.05, 0.1) is 0 Å². The minimum absolute atomic E-state index is 0.186. The van der Waals surface area contributed by atoms with Crippen molar-refractivity contribution in [3.05, 3.63) is 66.2 Å². The third-order valence-corrected chi connectivity index (χ3v) is 5.84. The van der Waals surface area contributed by atoms with E-state index >= 15 is 0 Å². The van der Waals surface area contributed by atoms with Gasteiger partial charge in [-0.15, -0.1) is 0 Å². The number of halogens is 6. The predicted molar refractivity (Wildman–Crippen MR) is 89.3 cm³/mol. The molecule has 0 bridgehead atoms. The van der Waals surface area contributed by atoms with Crippen LogP contribution in [0.5, 0.6) is 0 Å². The van der Waals surface area contributed by atoms with E-state index in [1.54, 1.807) is 6.07 Å². The number of benzene rings is 2. The van der Waals surface area contributed by atoms with E-state index in [1.165, 1.54) is 47.2 Å². The molecule has 0 saturated carbocycles. The van der Waals surface area contributed by atoms with E-state index in [1.807, 2.05) is 0 Å². The van der Waals surface area contributed by atoms with Crippen molar-refractivity contribution in [1.82, 2.24) is 4.72 Å². The molecule has 11 heteroatoms. The van der Waals surface area contributed by atoms with E-state index in [2.05, 4.69) is 0 Å². The molecular weight excluding hydrogens is 416 g/mol. The maximum absolute atomic E-state index is 14.0. The van der Waals surface area contributed by atoms with Gasteiger partial charge in [-0.3, -0.25) is 0 Å². The molecule has 3 nitrogen and oxygen atoms in total. The Morgan fingerprint density at radius 1 is 0.815 bits per heavy atom. The zero-order valence-corrected chi connectivity index (χ0v) is 15.0. The van der Waals surface area contributed by atoms with Crippen molar-refractivity contribution >= 4 is 21.8 Å². The van der Waals surface area contributed by atoms with Gasteiger partial charge in [-0.1, -0.05) is 48.5 Å². The van der Waals surface area contributed by atoms with E-state index in [0.29, 0.717) is 0 Å². The molecule has 0 amide bonds. The fraction of sp³-hybridized carbons (Fsp3) is 0.250. The van der Waals surface area contributed by atoms with Crippen LogP contribution >= 0.6 is 11.8 Å². The van der Waals surface area contributed by atoms with Crippen molar-refractivity contribution in [1.29, 1.82) is 0 Å². The van der Waals surface area contributed by atoms with Crippen LogP contribution in [0.4, 0.5) is 26.3 Å². The van der Waals surface area contributed by atoms with Crippen LogP contribution in [0.3, 0.4) is 0 Å². The Kier molecular flexibility index (Phi) is 6.17. The number of hydrogen-bond donors (Lipinski definition) is 1. The number of nitrogens with one attached hydrogen (secondary N) is 1. The number of thioether (sulfide) groups is 1. The van der Waals surface area contributed by atoms with Crippen molar-refractivity contribution in [2.45, 2.75) is 27.9 Å². The lowest BCUT2D eigenvalue weighted by Gasteiger charge is -2.31. The molecule has 2 rings (SSSR count). The first-order chi connectivity index (χ1) is 12.4. The molecule has 148 valence electrons. The molecular formula is C16H13F6NO2S2. The van der Waals surface area contributed by atoms with Gasteiger partial charge in [0.1, 0.15) is 0 Å². The molecule has 1 N–H and O–H groups in total. The van der Waals surface area contributed by atoms with Crippen molar-refractivity contribution in [2.75, 3.05) is 0 Å². The lowest BCUT2D eigenvalue weighted by molar-refractivity contribution is -0.240. The topological polar surface area (TPSA) is 46.2 Å². The second kappa shape index (κ2) is 7.72. The summed E-state index contributed by atoms with van der Waals surface area (Å²) in [5, 5.41) is -11.4. The third kappa shape index (κ3) is 4.41. The summed E-state index contributed by atoms with van der Waals surface area (Å²) in [5.74, 6) is -6.18. The largest absolute Gasteiger partial charge is 0.427 e. The Hall–Kier alpha value is -1.72. The van der Waals surface area contributed by atoms with Gasteiger partial charge in [0.25, 0.3) is 10.0 Å². The summed E-state index contributed by atoms with van der Waals surface area (Å²) in [4.78, 5) is -0.424. The molecule has 2 aromatic rings. The Bertz CT molecular complexity index is 861. The quantitative estimate of drug-likeness (QED) is 0.488. The van der Waals surface area contributed by atoms with Gasteiger partial charge in [0.2, 0.25) is 0 Å². The summed E-state index contributed by atoms with van der Waals surface area (Å²) >= 11 is -0.845. The van der Waals surface area contributed by atoms with E-state index in [9.17, 15) is 34.8 Å². The molecule has 0 radical (unpaired) electrons. The van der Waals surface area contributed by atoms with Gasteiger partial charge in [-0.05, 0) is 29.5 Å². The first-order valence-corrected chi connectivity index (χ1v) is 9.61. The molecule has 0 aromatic heterocycles. The molecule has 0 spiro atoms. The maximum Gasteiger partial charge on any atom is 0.427 e. The molecule has 0 unspecified atom stereocenters. The summed E-state index contributed by atoms with van der Waals surface area (Å²) in [6, 6.07) is 13.1.